The van der Waals surface area contributed by atoms with Crippen molar-refractivity contribution in [1.82, 2.24) is 15.5 Å². The Bertz CT molecular complexity index is 1340. The van der Waals surface area contributed by atoms with Crippen LogP contribution in [0.3, 0.4) is 0 Å². The summed E-state index contributed by atoms with van der Waals surface area (Å²) in [5.74, 6) is -0.481. The monoisotopic (exact) mass is 587 g/mol. The first-order chi connectivity index (χ1) is 20.9. The van der Waals surface area contributed by atoms with E-state index < -0.39 is 18.3 Å². The van der Waals surface area contributed by atoms with Crippen LogP contribution >= 0.6 is 0 Å². The van der Waals surface area contributed by atoms with Gasteiger partial charge in [-0.05, 0) is 41.8 Å². The highest BCUT2D eigenvalue weighted by molar-refractivity contribution is 5.81. The standard InChI is InChI=1S/C34H41N3O6/c1-4-18-37(3)22-29-19-31(26-12-10-24(23-38)11-13-26)43-33(42-29)27-16-14-25(15-17-27)30-9-7-6-8-28(30)20-35-34(40)36-21-32(39)41-5-2/h4,6-17,29,31,33,38H,1,5,18-23H2,2-3H3,(H2,35,36,40). The van der Waals surface area contributed by atoms with Crippen molar-refractivity contribution in [2.24, 2.45) is 0 Å². The molecule has 43 heavy (non-hydrogen) atoms. The molecule has 228 valence electrons. The van der Waals surface area contributed by atoms with Gasteiger partial charge in [0.2, 0.25) is 0 Å². The van der Waals surface area contributed by atoms with Gasteiger partial charge in [0.05, 0.1) is 25.4 Å². The van der Waals surface area contributed by atoms with Crippen molar-refractivity contribution in [2.45, 2.75) is 45.0 Å². The van der Waals surface area contributed by atoms with E-state index in [1.165, 1.54) is 0 Å². The van der Waals surface area contributed by atoms with E-state index in [0.29, 0.717) is 6.42 Å². The number of rotatable bonds is 13. The summed E-state index contributed by atoms with van der Waals surface area (Å²) in [7, 11) is 2.05. The minimum atomic E-state index is -0.549. The molecule has 0 aliphatic carbocycles. The number of amides is 2. The second-order valence-electron chi connectivity index (χ2n) is 10.5. The van der Waals surface area contributed by atoms with E-state index in [1.54, 1.807) is 6.92 Å². The number of ether oxygens (including phenoxy) is 3. The minimum Gasteiger partial charge on any atom is -0.465 e. The molecule has 9 heteroatoms. The van der Waals surface area contributed by atoms with Gasteiger partial charge < -0.3 is 34.9 Å². The van der Waals surface area contributed by atoms with Crippen LogP contribution in [0.15, 0.2) is 85.5 Å². The van der Waals surface area contributed by atoms with E-state index in [9.17, 15) is 14.7 Å². The molecule has 1 heterocycles. The molecule has 1 fully saturated rings. The van der Waals surface area contributed by atoms with Crippen molar-refractivity contribution in [1.29, 1.82) is 0 Å². The molecule has 3 N–H and O–H groups in total. The molecule has 3 unspecified atom stereocenters. The summed E-state index contributed by atoms with van der Waals surface area (Å²) in [5.41, 5.74) is 5.72. The minimum absolute atomic E-state index is 0.000728. The molecule has 1 aliphatic rings. The Morgan fingerprint density at radius 3 is 2.44 bits per heavy atom. The Balaban J connectivity index is 1.47. The van der Waals surface area contributed by atoms with Crippen LogP contribution < -0.4 is 10.6 Å². The first kappa shape index (κ1) is 31.9. The van der Waals surface area contributed by atoms with Gasteiger partial charge in [-0.1, -0.05) is 78.9 Å². The van der Waals surface area contributed by atoms with Gasteiger partial charge in [-0.2, -0.15) is 0 Å². The van der Waals surface area contributed by atoms with Crippen molar-refractivity contribution >= 4 is 12.0 Å². The van der Waals surface area contributed by atoms with Gasteiger partial charge in [0.15, 0.2) is 6.29 Å². The lowest BCUT2D eigenvalue weighted by molar-refractivity contribution is -0.252. The van der Waals surface area contributed by atoms with Gasteiger partial charge in [-0.25, -0.2) is 4.79 Å². The van der Waals surface area contributed by atoms with Crippen LogP contribution in [0, 0.1) is 0 Å². The topological polar surface area (TPSA) is 109 Å². The predicted octanol–water partition coefficient (Wildman–Crippen LogP) is 4.87. The fourth-order valence-electron chi connectivity index (χ4n) is 5.05. The van der Waals surface area contributed by atoms with Gasteiger partial charge in [-0.15, -0.1) is 6.58 Å². The molecule has 0 bridgehead atoms. The molecular weight excluding hydrogens is 546 g/mol. The largest absolute Gasteiger partial charge is 0.465 e. The number of urea groups is 1. The van der Waals surface area contributed by atoms with E-state index in [1.807, 2.05) is 85.9 Å². The van der Waals surface area contributed by atoms with Gasteiger partial charge in [-0.3, -0.25) is 4.79 Å². The van der Waals surface area contributed by atoms with Gasteiger partial charge in [0, 0.05) is 31.6 Å². The maximum Gasteiger partial charge on any atom is 0.325 e. The average Bonchev–Trinajstić information content (AvgIpc) is 3.03. The fraction of sp³-hybridized carbons (Fsp3) is 0.353. The number of nitrogens with one attached hydrogen (secondary N) is 2. The Morgan fingerprint density at radius 2 is 1.74 bits per heavy atom. The number of likely N-dealkylation sites (N-methyl/N-ethyl adjacent to an activating group) is 1. The first-order valence-electron chi connectivity index (χ1n) is 14.6. The first-order valence-corrected chi connectivity index (χ1v) is 14.6. The molecule has 1 aliphatic heterocycles. The van der Waals surface area contributed by atoms with Crippen molar-refractivity contribution in [3.63, 3.8) is 0 Å². The van der Waals surface area contributed by atoms with Crippen LogP contribution in [0.4, 0.5) is 4.79 Å². The molecule has 1 saturated heterocycles. The molecular formula is C34H41N3O6. The van der Waals surface area contributed by atoms with E-state index in [4.69, 9.17) is 14.2 Å². The van der Waals surface area contributed by atoms with Crippen molar-refractivity contribution in [3.05, 3.63) is 108 Å². The molecule has 3 aromatic carbocycles. The number of esters is 1. The number of carbonyl (C=O) groups excluding carboxylic acids is 2. The number of hydrogen-bond acceptors (Lipinski definition) is 7. The summed E-state index contributed by atoms with van der Waals surface area (Å²) in [6.45, 7) is 7.43. The van der Waals surface area contributed by atoms with Crippen LogP contribution in [-0.2, 0) is 32.2 Å². The maximum atomic E-state index is 12.2. The average molecular weight is 588 g/mol. The Morgan fingerprint density at radius 1 is 1.02 bits per heavy atom. The van der Waals surface area contributed by atoms with Crippen LogP contribution in [-0.4, -0.2) is 61.4 Å². The van der Waals surface area contributed by atoms with Crippen LogP contribution in [0.25, 0.3) is 11.1 Å². The quantitative estimate of drug-likeness (QED) is 0.193. The lowest BCUT2D eigenvalue weighted by Gasteiger charge is -2.37. The third kappa shape index (κ3) is 9.23. The third-order valence-electron chi connectivity index (χ3n) is 7.22. The van der Waals surface area contributed by atoms with Crippen molar-refractivity contribution < 1.29 is 28.9 Å². The highest BCUT2D eigenvalue weighted by Crippen LogP contribution is 2.38. The van der Waals surface area contributed by atoms with Gasteiger partial charge in [0.1, 0.15) is 6.54 Å². The summed E-state index contributed by atoms with van der Waals surface area (Å²) in [6.07, 6.45) is 1.84. The normalized spacial score (nSPS) is 18.2. The van der Waals surface area contributed by atoms with E-state index in [-0.39, 0.29) is 38.5 Å². The highest BCUT2D eigenvalue weighted by atomic mass is 16.7. The molecule has 2 amide bonds. The van der Waals surface area contributed by atoms with Crippen LogP contribution in [0.2, 0.25) is 0 Å². The predicted molar refractivity (Wildman–Crippen MR) is 165 cm³/mol. The SMILES string of the molecule is C=CCN(C)CC1CC(c2ccc(CO)cc2)OC(c2ccc(-c3ccccc3CNC(=O)NCC(=O)OCC)cc2)O1. The zero-order valence-electron chi connectivity index (χ0n) is 24.8. The fourth-order valence-corrected chi connectivity index (χ4v) is 5.05. The Hall–Kier alpha value is -4.02. The molecule has 9 nitrogen and oxygen atoms in total. The summed E-state index contributed by atoms with van der Waals surface area (Å²) in [6, 6.07) is 23.3. The van der Waals surface area contributed by atoms with E-state index in [2.05, 4.69) is 22.1 Å². The van der Waals surface area contributed by atoms with Crippen molar-refractivity contribution in [3.8, 4) is 11.1 Å². The highest BCUT2D eigenvalue weighted by Gasteiger charge is 2.32. The second-order valence-corrected chi connectivity index (χ2v) is 10.5. The zero-order valence-corrected chi connectivity index (χ0v) is 24.8. The van der Waals surface area contributed by atoms with E-state index >= 15 is 0 Å². The number of aliphatic hydroxyl groups excluding tert-OH is 1. The molecule has 0 saturated carbocycles. The smallest absolute Gasteiger partial charge is 0.325 e. The second kappa shape index (κ2) is 16.0. The molecule has 4 rings (SSSR count). The third-order valence-corrected chi connectivity index (χ3v) is 7.22. The number of carbonyl (C=O) groups is 2. The van der Waals surface area contributed by atoms with Crippen LogP contribution in [0.5, 0.6) is 0 Å². The number of aliphatic hydroxyl groups is 1. The van der Waals surface area contributed by atoms with Crippen LogP contribution in [0.1, 0.15) is 48.0 Å². The molecule has 3 aromatic rings. The molecule has 0 radical (unpaired) electrons. The number of hydrogen-bond donors (Lipinski definition) is 3. The molecule has 3 atom stereocenters. The lowest BCUT2D eigenvalue weighted by atomic mass is 9.97. The maximum absolute atomic E-state index is 12.2. The Kier molecular flexibility index (Phi) is 11.9. The summed E-state index contributed by atoms with van der Waals surface area (Å²) in [4.78, 5) is 25.9. The van der Waals surface area contributed by atoms with Gasteiger partial charge >= 0.3 is 12.0 Å². The van der Waals surface area contributed by atoms with Crippen molar-refractivity contribution in [2.75, 3.05) is 33.3 Å². The molecule has 0 aromatic heterocycles. The lowest BCUT2D eigenvalue weighted by Crippen LogP contribution is -2.38. The number of benzene rings is 3. The molecule has 0 spiro atoms. The number of nitrogens with zero attached hydrogens (tertiary/aromatic N) is 1. The summed E-state index contributed by atoms with van der Waals surface area (Å²) < 4.78 is 17.8. The Labute approximate surface area is 253 Å². The zero-order chi connectivity index (χ0) is 30.6. The van der Waals surface area contributed by atoms with Gasteiger partial charge in [0.25, 0.3) is 0 Å². The summed E-state index contributed by atoms with van der Waals surface area (Å²) >= 11 is 0. The van der Waals surface area contributed by atoms with E-state index in [0.717, 1.165) is 46.5 Å². The summed E-state index contributed by atoms with van der Waals surface area (Å²) in [5, 5.41) is 14.8.